The Kier molecular flexibility index (Phi) is 8.53. The summed E-state index contributed by atoms with van der Waals surface area (Å²) in [6, 6.07) is 3.60. The zero-order chi connectivity index (χ0) is 19.0. The monoisotopic (exact) mass is 365 g/mol. The summed E-state index contributed by atoms with van der Waals surface area (Å²) < 4.78 is 28.9. The van der Waals surface area contributed by atoms with E-state index >= 15 is 0 Å². The average molecular weight is 366 g/mol. The van der Waals surface area contributed by atoms with Crippen molar-refractivity contribution in [1.29, 1.82) is 0 Å². The summed E-state index contributed by atoms with van der Waals surface area (Å²) in [6.45, 7) is 9.23. The van der Waals surface area contributed by atoms with Crippen molar-refractivity contribution in [3.8, 4) is 0 Å². The van der Waals surface area contributed by atoms with E-state index < -0.39 is 11.6 Å². The van der Waals surface area contributed by atoms with Gasteiger partial charge in [0.05, 0.1) is 0 Å². The van der Waals surface area contributed by atoms with Gasteiger partial charge in [0.1, 0.15) is 0 Å². The van der Waals surface area contributed by atoms with Crippen LogP contribution in [0.5, 0.6) is 0 Å². The smallest absolute Gasteiger partial charge is 0.163 e. The highest BCUT2D eigenvalue weighted by Crippen LogP contribution is 2.31. The Morgan fingerprint density at radius 2 is 1.38 bits per heavy atom. The predicted octanol–water partition coefficient (Wildman–Crippen LogP) is 6.88. The summed E-state index contributed by atoms with van der Waals surface area (Å²) in [5.41, 5.74) is 1.42. The molecule has 1 aromatic rings. The fraction of sp³-hybridized carbons (Fsp3) is 0.739. The number of hydrogen-bond donors (Lipinski definition) is 0. The molecule has 1 aliphatic rings. The Hall–Kier alpha value is -0.960. The molecule has 1 heterocycles. The summed E-state index contributed by atoms with van der Waals surface area (Å²) in [5.74, 6) is -1.25. The van der Waals surface area contributed by atoms with Crippen LogP contribution in [0.4, 0.5) is 8.78 Å². The maximum Gasteiger partial charge on any atom is 0.163 e. The number of hydrogen-bond acceptors (Lipinski definition) is 1. The van der Waals surface area contributed by atoms with E-state index in [4.69, 9.17) is 0 Å². The quantitative estimate of drug-likeness (QED) is 0.408. The lowest BCUT2D eigenvalue weighted by atomic mass is 9.82. The molecular formula is C23H37F2N. The van der Waals surface area contributed by atoms with Crippen molar-refractivity contribution in [2.24, 2.45) is 5.41 Å². The molecule has 1 fully saturated rings. The molecule has 0 spiro atoms. The molecule has 0 amide bonds. The third-order valence-corrected chi connectivity index (χ3v) is 5.90. The Morgan fingerprint density at radius 1 is 0.846 bits per heavy atom. The fourth-order valence-corrected chi connectivity index (χ4v) is 3.77. The van der Waals surface area contributed by atoms with E-state index in [-0.39, 0.29) is 0 Å². The number of benzene rings is 1. The molecule has 0 aliphatic carbocycles. The molecule has 2 rings (SSSR count). The second-order valence-corrected chi connectivity index (χ2v) is 8.82. The van der Waals surface area contributed by atoms with Gasteiger partial charge in [0.15, 0.2) is 11.6 Å². The number of nitrogens with zero attached hydrogens (tertiary/aromatic N) is 1. The normalized spacial score (nSPS) is 17.6. The van der Waals surface area contributed by atoms with Gasteiger partial charge in [-0.2, -0.15) is 0 Å². The lowest BCUT2D eigenvalue weighted by molar-refractivity contribution is 0.125. The van der Waals surface area contributed by atoms with Crippen molar-refractivity contribution in [2.45, 2.75) is 91.5 Å². The molecule has 1 nitrogen and oxygen atoms in total. The third-order valence-electron chi connectivity index (χ3n) is 5.90. The van der Waals surface area contributed by atoms with E-state index in [9.17, 15) is 8.78 Å². The molecule has 0 unspecified atom stereocenters. The van der Waals surface area contributed by atoms with Gasteiger partial charge in [-0.05, 0) is 49.8 Å². The number of aryl methyl sites for hydroxylation is 1. The Bertz CT molecular complexity index is 543. The molecule has 0 N–H and O–H groups in total. The fourth-order valence-electron chi connectivity index (χ4n) is 3.77. The highest BCUT2D eigenvalue weighted by Gasteiger charge is 2.26. The second kappa shape index (κ2) is 10.4. The van der Waals surface area contributed by atoms with Gasteiger partial charge in [-0.3, -0.25) is 4.90 Å². The van der Waals surface area contributed by atoms with Crippen LogP contribution < -0.4 is 0 Å². The van der Waals surface area contributed by atoms with E-state index in [1.165, 1.54) is 32.1 Å². The number of halogens is 2. The van der Waals surface area contributed by atoms with Crippen molar-refractivity contribution in [3.05, 3.63) is 34.9 Å². The van der Waals surface area contributed by atoms with Gasteiger partial charge in [0.25, 0.3) is 0 Å². The maximum atomic E-state index is 14.5. The zero-order valence-electron chi connectivity index (χ0n) is 17.1. The van der Waals surface area contributed by atoms with E-state index in [0.29, 0.717) is 29.5 Å². The first-order valence-electron chi connectivity index (χ1n) is 10.6. The Balaban J connectivity index is 1.80. The van der Waals surface area contributed by atoms with Crippen molar-refractivity contribution >= 4 is 0 Å². The number of rotatable bonds is 10. The maximum absolute atomic E-state index is 14.5. The highest BCUT2D eigenvalue weighted by atomic mass is 19.2. The average Bonchev–Trinajstić information content (AvgIpc) is 2.61. The van der Waals surface area contributed by atoms with Gasteiger partial charge in [-0.15, -0.1) is 0 Å². The summed E-state index contributed by atoms with van der Waals surface area (Å²) in [5, 5.41) is 0. The highest BCUT2D eigenvalue weighted by molar-refractivity contribution is 5.26. The summed E-state index contributed by atoms with van der Waals surface area (Å²) in [7, 11) is 0. The molecule has 0 bridgehead atoms. The van der Waals surface area contributed by atoms with E-state index in [2.05, 4.69) is 25.7 Å². The largest absolute Gasteiger partial charge is 0.299 e. The van der Waals surface area contributed by atoms with Crippen LogP contribution in [-0.4, -0.2) is 18.0 Å². The molecule has 0 radical (unpaired) electrons. The third kappa shape index (κ3) is 6.64. The molecule has 1 aromatic carbocycles. The Labute approximate surface area is 159 Å². The van der Waals surface area contributed by atoms with Crippen molar-refractivity contribution in [2.75, 3.05) is 13.1 Å². The van der Waals surface area contributed by atoms with Crippen LogP contribution >= 0.6 is 0 Å². The minimum Gasteiger partial charge on any atom is -0.299 e. The van der Waals surface area contributed by atoms with Crippen LogP contribution in [0.3, 0.4) is 0 Å². The minimum atomic E-state index is -0.629. The first-order valence-corrected chi connectivity index (χ1v) is 10.6. The molecule has 1 saturated heterocycles. The number of likely N-dealkylation sites (tertiary alicyclic amines) is 1. The number of unbranched alkanes of at least 4 members (excludes halogenated alkanes) is 6. The van der Waals surface area contributed by atoms with Gasteiger partial charge in [0.2, 0.25) is 0 Å². The van der Waals surface area contributed by atoms with Crippen LogP contribution in [-0.2, 0) is 13.0 Å². The first-order chi connectivity index (χ1) is 12.4. The molecule has 3 heteroatoms. The van der Waals surface area contributed by atoms with Crippen molar-refractivity contribution in [1.82, 2.24) is 4.90 Å². The lowest BCUT2D eigenvalue weighted by Crippen LogP contribution is -2.37. The second-order valence-electron chi connectivity index (χ2n) is 8.82. The van der Waals surface area contributed by atoms with Crippen molar-refractivity contribution < 1.29 is 8.78 Å². The minimum absolute atomic E-state index is 0.376. The summed E-state index contributed by atoms with van der Waals surface area (Å²) in [4.78, 5) is 2.25. The van der Waals surface area contributed by atoms with Crippen LogP contribution in [0.2, 0.25) is 0 Å². The lowest BCUT2D eigenvalue weighted by Gasteiger charge is -2.37. The van der Waals surface area contributed by atoms with Gasteiger partial charge < -0.3 is 0 Å². The zero-order valence-corrected chi connectivity index (χ0v) is 17.1. The predicted molar refractivity (Wildman–Crippen MR) is 106 cm³/mol. The molecule has 0 atom stereocenters. The SMILES string of the molecule is CCCCCCCCCc1ccc(CN2CCC(C)(C)CC2)c(F)c1F. The Morgan fingerprint density at radius 3 is 2.04 bits per heavy atom. The van der Waals surface area contributed by atoms with E-state index in [0.717, 1.165) is 38.8 Å². The van der Waals surface area contributed by atoms with Crippen LogP contribution in [0.25, 0.3) is 0 Å². The molecule has 0 saturated carbocycles. The standard InChI is InChI=1S/C23H37F2N/c1-4-5-6-7-8-9-10-11-19-12-13-20(22(25)21(19)24)18-26-16-14-23(2,3)15-17-26/h12-13H,4-11,14-18H2,1-3H3. The van der Waals surface area contributed by atoms with Gasteiger partial charge in [-0.25, -0.2) is 8.78 Å². The van der Waals surface area contributed by atoms with E-state index in [1.54, 1.807) is 12.1 Å². The molecule has 1 aliphatic heterocycles. The topological polar surface area (TPSA) is 3.24 Å². The summed E-state index contributed by atoms with van der Waals surface area (Å²) in [6.07, 6.45) is 11.3. The first kappa shape index (κ1) is 21.3. The summed E-state index contributed by atoms with van der Waals surface area (Å²) >= 11 is 0. The van der Waals surface area contributed by atoms with Gasteiger partial charge in [-0.1, -0.05) is 71.4 Å². The number of piperidine rings is 1. The molecule has 0 aromatic heterocycles. The van der Waals surface area contributed by atoms with Crippen LogP contribution in [0.1, 0.15) is 89.7 Å². The van der Waals surface area contributed by atoms with Crippen LogP contribution in [0, 0.1) is 17.0 Å². The molecule has 148 valence electrons. The molecular weight excluding hydrogens is 328 g/mol. The van der Waals surface area contributed by atoms with E-state index in [1.807, 2.05) is 0 Å². The van der Waals surface area contributed by atoms with Gasteiger partial charge in [0, 0.05) is 12.1 Å². The molecule has 26 heavy (non-hydrogen) atoms. The van der Waals surface area contributed by atoms with Gasteiger partial charge >= 0.3 is 0 Å². The van der Waals surface area contributed by atoms with Crippen LogP contribution in [0.15, 0.2) is 12.1 Å². The van der Waals surface area contributed by atoms with Crippen molar-refractivity contribution in [3.63, 3.8) is 0 Å².